The maximum absolute atomic E-state index is 6.29. The second-order valence-corrected chi connectivity index (χ2v) is 6.49. The monoisotopic (exact) mass is 325 g/mol. The number of aryl methyl sites for hydroxylation is 1. The Kier molecular flexibility index (Phi) is 5.79. The third-order valence-electron chi connectivity index (χ3n) is 3.14. The first kappa shape index (κ1) is 15.7. The fraction of sp³-hybridized carbons (Fsp3) is 0.250. The van der Waals surface area contributed by atoms with E-state index in [-0.39, 0.29) is 6.04 Å². The third kappa shape index (κ3) is 3.92. The van der Waals surface area contributed by atoms with E-state index in [1.807, 2.05) is 25.2 Å². The maximum Gasteiger partial charge on any atom is 0.0640 e. The van der Waals surface area contributed by atoms with Crippen LogP contribution in [-0.4, -0.2) is 12.8 Å². The second kappa shape index (κ2) is 7.37. The summed E-state index contributed by atoms with van der Waals surface area (Å²) in [4.78, 5) is 1.26. The number of nitrogens with one attached hydrogen (secondary N) is 1. The van der Waals surface area contributed by atoms with Gasteiger partial charge in [0.1, 0.15) is 0 Å². The number of benzene rings is 2. The van der Waals surface area contributed by atoms with E-state index in [1.54, 1.807) is 11.8 Å². The van der Waals surface area contributed by atoms with E-state index in [4.69, 9.17) is 23.2 Å². The molecule has 1 nitrogen and oxygen atoms in total. The highest BCUT2D eigenvalue weighted by Crippen LogP contribution is 2.32. The van der Waals surface area contributed by atoms with Crippen molar-refractivity contribution in [1.82, 2.24) is 5.32 Å². The van der Waals surface area contributed by atoms with Gasteiger partial charge in [0.05, 0.1) is 10.0 Å². The van der Waals surface area contributed by atoms with Gasteiger partial charge in [-0.2, -0.15) is 0 Å². The largest absolute Gasteiger partial charge is 0.312 e. The summed E-state index contributed by atoms with van der Waals surface area (Å²) in [6, 6.07) is 14.5. The lowest BCUT2D eigenvalue weighted by Crippen LogP contribution is -2.19. The molecule has 0 bridgehead atoms. The Morgan fingerprint density at radius 3 is 2.45 bits per heavy atom. The highest BCUT2D eigenvalue weighted by Gasteiger charge is 2.14. The molecule has 0 saturated heterocycles. The molecule has 1 unspecified atom stereocenters. The van der Waals surface area contributed by atoms with Gasteiger partial charge < -0.3 is 5.32 Å². The first-order valence-corrected chi connectivity index (χ1v) is 8.16. The van der Waals surface area contributed by atoms with E-state index in [1.165, 1.54) is 10.5 Å². The lowest BCUT2D eigenvalue weighted by Gasteiger charge is -2.18. The van der Waals surface area contributed by atoms with Crippen molar-refractivity contribution in [1.29, 1.82) is 0 Å². The van der Waals surface area contributed by atoms with Gasteiger partial charge in [-0.25, -0.2) is 0 Å². The van der Waals surface area contributed by atoms with Gasteiger partial charge >= 0.3 is 0 Å². The lowest BCUT2D eigenvalue weighted by atomic mass is 10.1. The summed E-state index contributed by atoms with van der Waals surface area (Å²) < 4.78 is 0. The predicted octanol–water partition coefficient (Wildman–Crippen LogP) is 5.35. The quantitative estimate of drug-likeness (QED) is 0.743. The highest BCUT2D eigenvalue weighted by atomic mass is 35.5. The van der Waals surface area contributed by atoms with Crippen molar-refractivity contribution in [3.63, 3.8) is 0 Å². The Morgan fingerprint density at radius 1 is 1.10 bits per heavy atom. The molecule has 0 saturated carbocycles. The Morgan fingerprint density at radius 2 is 1.80 bits per heavy atom. The zero-order valence-corrected chi connectivity index (χ0v) is 13.8. The van der Waals surface area contributed by atoms with Gasteiger partial charge in [0.25, 0.3) is 0 Å². The van der Waals surface area contributed by atoms with E-state index in [9.17, 15) is 0 Å². The smallest absolute Gasteiger partial charge is 0.0640 e. The molecule has 4 heteroatoms. The van der Waals surface area contributed by atoms with Gasteiger partial charge in [-0.1, -0.05) is 53.0 Å². The van der Waals surface area contributed by atoms with Crippen molar-refractivity contribution >= 4 is 35.0 Å². The molecule has 1 N–H and O–H groups in total. The summed E-state index contributed by atoms with van der Waals surface area (Å²) in [5.74, 6) is 0.902. The van der Waals surface area contributed by atoms with Crippen LogP contribution in [0.15, 0.2) is 47.4 Å². The summed E-state index contributed by atoms with van der Waals surface area (Å²) in [6.07, 6.45) is 0. The van der Waals surface area contributed by atoms with Gasteiger partial charge in [0.2, 0.25) is 0 Å². The molecule has 0 spiro atoms. The molecule has 1 atom stereocenters. The van der Waals surface area contributed by atoms with E-state index in [0.29, 0.717) is 10.0 Å². The first-order valence-electron chi connectivity index (χ1n) is 6.42. The fourth-order valence-corrected chi connectivity index (χ4v) is 3.41. The van der Waals surface area contributed by atoms with Gasteiger partial charge in [-0.3, -0.25) is 0 Å². The van der Waals surface area contributed by atoms with Crippen LogP contribution in [0.25, 0.3) is 0 Å². The lowest BCUT2D eigenvalue weighted by molar-refractivity contribution is 0.662. The minimum Gasteiger partial charge on any atom is -0.312 e. The molecule has 2 aromatic carbocycles. The van der Waals surface area contributed by atoms with Crippen molar-refractivity contribution in [3.05, 3.63) is 63.6 Å². The molecular weight excluding hydrogens is 309 g/mol. The van der Waals surface area contributed by atoms with Gasteiger partial charge in [0.15, 0.2) is 0 Å². The van der Waals surface area contributed by atoms with Crippen LogP contribution in [-0.2, 0) is 0 Å². The molecule has 106 valence electrons. The number of halogens is 2. The molecule has 0 heterocycles. The average Bonchev–Trinajstić information content (AvgIpc) is 2.45. The normalized spacial score (nSPS) is 12.4. The minimum absolute atomic E-state index is 0.174. The standard InChI is InChI=1S/C16H17Cl2NS/c1-11-6-8-12(9-7-11)20-10-15(19-2)13-4-3-5-14(17)16(13)18/h3-9,15,19H,10H2,1-2H3. The Labute approximate surface area is 134 Å². The summed E-state index contributed by atoms with van der Waals surface area (Å²) in [5, 5.41) is 4.54. The van der Waals surface area contributed by atoms with E-state index in [0.717, 1.165) is 11.3 Å². The van der Waals surface area contributed by atoms with Gasteiger partial charge in [-0.15, -0.1) is 11.8 Å². The average molecular weight is 326 g/mol. The zero-order chi connectivity index (χ0) is 14.5. The molecule has 0 aliphatic carbocycles. The van der Waals surface area contributed by atoms with Crippen molar-refractivity contribution in [3.8, 4) is 0 Å². The molecule has 0 aliphatic rings. The Bertz CT molecular complexity index is 569. The van der Waals surface area contributed by atoms with Crippen molar-refractivity contribution in [2.45, 2.75) is 17.9 Å². The molecule has 0 radical (unpaired) electrons. The zero-order valence-electron chi connectivity index (χ0n) is 11.5. The first-order chi connectivity index (χ1) is 9.61. The minimum atomic E-state index is 0.174. The molecule has 2 rings (SSSR count). The van der Waals surface area contributed by atoms with Crippen LogP contribution in [0.1, 0.15) is 17.2 Å². The van der Waals surface area contributed by atoms with E-state index < -0.39 is 0 Å². The fourth-order valence-electron chi connectivity index (χ4n) is 1.93. The highest BCUT2D eigenvalue weighted by molar-refractivity contribution is 7.99. The van der Waals surface area contributed by atoms with Crippen LogP contribution >= 0.6 is 35.0 Å². The van der Waals surface area contributed by atoms with Crippen LogP contribution in [0.4, 0.5) is 0 Å². The van der Waals surface area contributed by atoms with Gasteiger partial charge in [0, 0.05) is 16.7 Å². The second-order valence-electron chi connectivity index (χ2n) is 4.61. The molecule has 0 aliphatic heterocycles. The van der Waals surface area contributed by atoms with Crippen LogP contribution < -0.4 is 5.32 Å². The van der Waals surface area contributed by atoms with Crippen molar-refractivity contribution in [2.75, 3.05) is 12.8 Å². The SMILES string of the molecule is CNC(CSc1ccc(C)cc1)c1cccc(Cl)c1Cl. The number of hydrogen-bond acceptors (Lipinski definition) is 2. The van der Waals surface area contributed by atoms with Crippen LogP contribution in [0.5, 0.6) is 0 Å². The molecular formula is C16H17Cl2NS. The summed E-state index contributed by atoms with van der Waals surface area (Å²) in [7, 11) is 1.94. The summed E-state index contributed by atoms with van der Waals surface area (Å²) >= 11 is 14.2. The Hall–Kier alpha value is -0.670. The predicted molar refractivity (Wildman–Crippen MR) is 90.2 cm³/mol. The maximum atomic E-state index is 6.29. The van der Waals surface area contributed by atoms with Crippen LogP contribution in [0.3, 0.4) is 0 Å². The molecule has 0 fully saturated rings. The Balaban J connectivity index is 2.09. The molecule has 2 aromatic rings. The molecule has 0 aromatic heterocycles. The third-order valence-corrected chi connectivity index (χ3v) is 5.08. The van der Waals surface area contributed by atoms with E-state index in [2.05, 4.69) is 36.5 Å². The van der Waals surface area contributed by atoms with E-state index >= 15 is 0 Å². The number of hydrogen-bond donors (Lipinski definition) is 1. The van der Waals surface area contributed by atoms with Crippen LogP contribution in [0, 0.1) is 6.92 Å². The number of thioether (sulfide) groups is 1. The van der Waals surface area contributed by atoms with Crippen molar-refractivity contribution < 1.29 is 0 Å². The molecule has 0 amide bonds. The molecule has 20 heavy (non-hydrogen) atoms. The van der Waals surface area contributed by atoms with Crippen LogP contribution in [0.2, 0.25) is 10.0 Å². The summed E-state index contributed by atoms with van der Waals surface area (Å²) in [5.41, 5.74) is 2.32. The van der Waals surface area contributed by atoms with Gasteiger partial charge in [-0.05, 0) is 37.7 Å². The van der Waals surface area contributed by atoms with Crippen molar-refractivity contribution in [2.24, 2.45) is 0 Å². The topological polar surface area (TPSA) is 12.0 Å². The summed E-state index contributed by atoms with van der Waals surface area (Å²) in [6.45, 7) is 2.09. The number of rotatable bonds is 5.